The Bertz CT molecular complexity index is 1920. The minimum Gasteiger partial charge on any atom is -0.490 e. The Morgan fingerprint density at radius 2 is 1.84 bits per heavy atom. The molecule has 7 rings (SSSR count). The lowest BCUT2D eigenvalue weighted by molar-refractivity contribution is 0.114. The Morgan fingerprint density at radius 1 is 0.977 bits per heavy atom. The highest BCUT2D eigenvalue weighted by Crippen LogP contribution is 2.33. The molecule has 0 saturated carbocycles. The lowest BCUT2D eigenvalue weighted by atomic mass is 10.1. The molecule has 0 amide bonds. The first-order valence-electron chi connectivity index (χ1n) is 14.3. The van der Waals surface area contributed by atoms with Crippen molar-refractivity contribution in [1.29, 1.82) is 0 Å². The standard InChI is InChI=1S/C32H30N8O2S2/c1-39-12-8-26(9-13-39)42-25-6-4-23(5-7-25)37-32-35-16-22-15-27(36-24-3-2-11-33-17-24)31(41)40(30(22)38-32)19-21-10-14-43-29(21)28-18-34-20-44-28/h2-7,10-11,14-18,20,26,36H,8-9,12-13,19H2,1H3,(H,35,37,38). The highest BCUT2D eigenvalue weighted by atomic mass is 32.1. The molecule has 6 heterocycles. The van der Waals surface area contributed by atoms with E-state index in [1.807, 2.05) is 53.5 Å². The van der Waals surface area contributed by atoms with Gasteiger partial charge in [-0.1, -0.05) is 0 Å². The molecule has 0 radical (unpaired) electrons. The Morgan fingerprint density at radius 3 is 2.61 bits per heavy atom. The maximum Gasteiger partial charge on any atom is 0.276 e. The number of ether oxygens (including phenoxy) is 1. The first-order chi connectivity index (χ1) is 21.6. The van der Waals surface area contributed by atoms with Crippen LogP contribution in [0.3, 0.4) is 0 Å². The largest absolute Gasteiger partial charge is 0.490 e. The van der Waals surface area contributed by atoms with Crippen LogP contribution < -0.4 is 20.9 Å². The van der Waals surface area contributed by atoms with E-state index < -0.39 is 0 Å². The molecule has 0 aliphatic carbocycles. The molecule has 1 fully saturated rings. The number of likely N-dealkylation sites (tertiary alicyclic amines) is 1. The van der Waals surface area contributed by atoms with Gasteiger partial charge in [0.15, 0.2) is 0 Å². The summed E-state index contributed by atoms with van der Waals surface area (Å²) in [6.07, 6.45) is 9.27. The van der Waals surface area contributed by atoms with Gasteiger partial charge >= 0.3 is 0 Å². The van der Waals surface area contributed by atoms with Crippen molar-refractivity contribution >= 4 is 56.7 Å². The first kappa shape index (κ1) is 28.1. The van der Waals surface area contributed by atoms with E-state index in [-0.39, 0.29) is 11.7 Å². The minimum atomic E-state index is -0.192. The van der Waals surface area contributed by atoms with E-state index in [1.165, 1.54) is 0 Å². The van der Waals surface area contributed by atoms with Crippen LogP contribution in [0.1, 0.15) is 18.4 Å². The average molecular weight is 623 g/mol. The number of thiophene rings is 1. The summed E-state index contributed by atoms with van der Waals surface area (Å²) in [7, 11) is 2.14. The smallest absolute Gasteiger partial charge is 0.276 e. The molecular weight excluding hydrogens is 593 g/mol. The average Bonchev–Trinajstić information content (AvgIpc) is 3.75. The van der Waals surface area contributed by atoms with Gasteiger partial charge in [0.05, 0.1) is 33.7 Å². The van der Waals surface area contributed by atoms with E-state index in [4.69, 9.17) is 9.72 Å². The third-order valence-corrected chi connectivity index (χ3v) is 9.49. The molecule has 0 spiro atoms. The molecule has 1 aliphatic heterocycles. The third-order valence-electron chi connectivity index (χ3n) is 7.58. The summed E-state index contributed by atoms with van der Waals surface area (Å²) in [5, 5.41) is 9.30. The van der Waals surface area contributed by atoms with Gasteiger partial charge in [0.25, 0.3) is 5.56 Å². The molecule has 12 heteroatoms. The van der Waals surface area contributed by atoms with Gasteiger partial charge < -0.3 is 20.3 Å². The summed E-state index contributed by atoms with van der Waals surface area (Å²) in [4.78, 5) is 36.3. The Kier molecular flexibility index (Phi) is 8.01. The number of benzene rings is 1. The molecule has 10 nitrogen and oxygen atoms in total. The van der Waals surface area contributed by atoms with Gasteiger partial charge in [-0.2, -0.15) is 4.98 Å². The Labute approximate surface area is 262 Å². The van der Waals surface area contributed by atoms with Crippen molar-refractivity contribution in [1.82, 2.24) is 29.4 Å². The molecule has 2 N–H and O–H groups in total. The number of rotatable bonds is 9. The third kappa shape index (κ3) is 6.18. The fraction of sp³-hybridized carbons (Fsp3) is 0.219. The quantitative estimate of drug-likeness (QED) is 0.190. The van der Waals surface area contributed by atoms with Crippen molar-refractivity contribution < 1.29 is 4.74 Å². The zero-order valence-electron chi connectivity index (χ0n) is 24.0. The molecule has 0 bridgehead atoms. The van der Waals surface area contributed by atoms with Gasteiger partial charge in [0.2, 0.25) is 5.95 Å². The number of pyridine rings is 2. The van der Waals surface area contributed by atoms with Gasteiger partial charge in [-0.05, 0) is 79.4 Å². The van der Waals surface area contributed by atoms with Crippen LogP contribution in [0.5, 0.6) is 5.75 Å². The van der Waals surface area contributed by atoms with Crippen molar-refractivity contribution in [3.63, 3.8) is 0 Å². The van der Waals surface area contributed by atoms with Gasteiger partial charge in [0.1, 0.15) is 23.2 Å². The molecule has 5 aromatic heterocycles. The maximum absolute atomic E-state index is 14.0. The highest BCUT2D eigenvalue weighted by molar-refractivity contribution is 7.20. The van der Waals surface area contributed by atoms with Crippen molar-refractivity contribution in [2.75, 3.05) is 30.8 Å². The summed E-state index contributed by atoms with van der Waals surface area (Å²) < 4.78 is 7.90. The zero-order valence-corrected chi connectivity index (χ0v) is 25.6. The van der Waals surface area contributed by atoms with Crippen molar-refractivity contribution in [2.24, 2.45) is 0 Å². The molecular formula is C32H30N8O2S2. The van der Waals surface area contributed by atoms with Crippen molar-refractivity contribution in [2.45, 2.75) is 25.5 Å². The topological polar surface area (TPSA) is 110 Å². The number of nitrogens with zero attached hydrogens (tertiary/aromatic N) is 6. The normalized spacial score (nSPS) is 14.1. The van der Waals surface area contributed by atoms with E-state index >= 15 is 0 Å². The van der Waals surface area contributed by atoms with Crippen LogP contribution >= 0.6 is 22.7 Å². The van der Waals surface area contributed by atoms with Gasteiger partial charge in [-0.3, -0.25) is 19.3 Å². The predicted molar refractivity (Wildman–Crippen MR) is 177 cm³/mol. The van der Waals surface area contributed by atoms with Crippen LogP contribution in [0.2, 0.25) is 0 Å². The summed E-state index contributed by atoms with van der Waals surface area (Å²) >= 11 is 3.21. The highest BCUT2D eigenvalue weighted by Gasteiger charge is 2.19. The number of hydrogen-bond donors (Lipinski definition) is 2. The SMILES string of the molecule is CN1CCC(Oc2ccc(Nc3ncc4cc(Nc5cccnc5)c(=O)n(Cc5ccsc5-c5cncs5)c4n3)cc2)CC1. The van der Waals surface area contributed by atoms with Crippen molar-refractivity contribution in [3.8, 4) is 15.5 Å². The second kappa shape index (κ2) is 12.5. The van der Waals surface area contributed by atoms with Gasteiger partial charge in [-0.25, -0.2) is 4.98 Å². The first-order valence-corrected chi connectivity index (χ1v) is 16.1. The summed E-state index contributed by atoms with van der Waals surface area (Å²) in [6, 6.07) is 15.4. The molecule has 0 unspecified atom stereocenters. The molecule has 6 aromatic rings. The fourth-order valence-electron chi connectivity index (χ4n) is 5.26. The number of nitrogens with one attached hydrogen (secondary N) is 2. The van der Waals surface area contributed by atoms with Crippen molar-refractivity contribution in [3.05, 3.63) is 100 Å². The van der Waals surface area contributed by atoms with Gasteiger partial charge in [0, 0.05) is 42.8 Å². The molecule has 0 atom stereocenters. The van der Waals surface area contributed by atoms with Crippen LogP contribution in [0, 0.1) is 0 Å². The van der Waals surface area contributed by atoms with Crippen LogP contribution in [0.4, 0.5) is 23.0 Å². The number of piperidine rings is 1. The number of hydrogen-bond acceptors (Lipinski definition) is 11. The van der Waals surface area contributed by atoms with E-state index in [2.05, 4.69) is 43.6 Å². The maximum atomic E-state index is 14.0. The lowest BCUT2D eigenvalue weighted by Crippen LogP contribution is -2.35. The van der Waals surface area contributed by atoms with E-state index in [0.717, 1.165) is 63.8 Å². The minimum absolute atomic E-state index is 0.192. The number of fused-ring (bicyclic) bond motifs is 1. The second-order valence-corrected chi connectivity index (χ2v) is 12.5. The molecule has 222 valence electrons. The molecule has 1 aliphatic rings. The monoisotopic (exact) mass is 622 g/mol. The zero-order chi connectivity index (χ0) is 29.9. The van der Waals surface area contributed by atoms with Crippen LogP contribution in [-0.4, -0.2) is 55.6 Å². The summed E-state index contributed by atoms with van der Waals surface area (Å²) in [5.41, 5.74) is 5.15. The fourth-order valence-corrected chi connectivity index (χ4v) is 6.97. The van der Waals surface area contributed by atoms with E-state index in [1.54, 1.807) is 51.9 Å². The lowest BCUT2D eigenvalue weighted by Gasteiger charge is -2.29. The Balaban J connectivity index is 1.20. The predicted octanol–water partition coefficient (Wildman–Crippen LogP) is 6.38. The number of aromatic nitrogens is 5. The van der Waals surface area contributed by atoms with E-state index in [0.29, 0.717) is 23.8 Å². The van der Waals surface area contributed by atoms with Crippen LogP contribution in [0.15, 0.2) is 89.0 Å². The molecule has 44 heavy (non-hydrogen) atoms. The molecule has 1 saturated heterocycles. The molecule has 1 aromatic carbocycles. The second-order valence-electron chi connectivity index (χ2n) is 10.7. The number of anilines is 4. The van der Waals surface area contributed by atoms with Crippen LogP contribution in [-0.2, 0) is 6.54 Å². The number of thiazole rings is 1. The summed E-state index contributed by atoms with van der Waals surface area (Å²) in [5.74, 6) is 1.25. The van der Waals surface area contributed by atoms with E-state index in [9.17, 15) is 4.79 Å². The summed E-state index contributed by atoms with van der Waals surface area (Å²) in [6.45, 7) is 2.44. The Hall–Kier alpha value is -4.65. The van der Waals surface area contributed by atoms with Crippen LogP contribution in [0.25, 0.3) is 20.8 Å². The van der Waals surface area contributed by atoms with Gasteiger partial charge in [-0.15, -0.1) is 22.7 Å².